The zero-order valence-corrected chi connectivity index (χ0v) is 15.4. The van der Waals surface area contributed by atoms with Crippen molar-refractivity contribution in [3.63, 3.8) is 0 Å². The molecule has 2 N–H and O–H groups in total. The summed E-state index contributed by atoms with van der Waals surface area (Å²) in [6.07, 6.45) is 5.00. The van der Waals surface area contributed by atoms with Crippen LogP contribution >= 0.6 is 0 Å². The zero-order valence-electron chi connectivity index (χ0n) is 15.4. The summed E-state index contributed by atoms with van der Waals surface area (Å²) in [5, 5.41) is 6.95. The maximum Gasteiger partial charge on any atom is 0.0372 e. The predicted molar refractivity (Wildman–Crippen MR) is 108 cm³/mol. The van der Waals surface area contributed by atoms with Gasteiger partial charge in [0.25, 0.3) is 0 Å². The van der Waals surface area contributed by atoms with Gasteiger partial charge in [0.1, 0.15) is 0 Å². The number of rotatable bonds is 8. The third-order valence-electron chi connectivity index (χ3n) is 5.10. The van der Waals surface area contributed by atoms with Gasteiger partial charge in [0, 0.05) is 24.8 Å². The van der Waals surface area contributed by atoms with Gasteiger partial charge in [0.15, 0.2) is 0 Å². The largest absolute Gasteiger partial charge is 0.371 e. The second-order valence-electron chi connectivity index (χ2n) is 6.94. The van der Waals surface area contributed by atoms with Crippen molar-refractivity contribution in [1.82, 2.24) is 10.6 Å². The molecule has 3 nitrogen and oxygen atoms in total. The first kappa shape index (κ1) is 18.0. The molecule has 0 unspecified atom stereocenters. The first-order valence-corrected chi connectivity index (χ1v) is 9.65. The molecule has 1 aliphatic rings. The maximum atomic E-state index is 3.74. The highest BCUT2D eigenvalue weighted by molar-refractivity contribution is 5.68. The number of nitrogens with zero attached hydrogens (tertiary/aromatic N) is 1. The van der Waals surface area contributed by atoms with Gasteiger partial charge in [-0.25, -0.2) is 0 Å². The van der Waals surface area contributed by atoms with E-state index >= 15 is 0 Å². The fraction of sp³-hybridized carbons (Fsp3) is 0.455. The SMILES string of the molecule is CNCCCCNC1CCN(c2cccc(-c3ccccc3)c2)CC1. The molecule has 2 aromatic rings. The molecule has 0 aromatic heterocycles. The lowest BCUT2D eigenvalue weighted by atomic mass is 10.0. The van der Waals surface area contributed by atoms with Crippen LogP contribution in [0, 0.1) is 0 Å². The van der Waals surface area contributed by atoms with E-state index in [1.165, 1.54) is 42.5 Å². The average Bonchev–Trinajstić information content (AvgIpc) is 2.69. The molecule has 2 aromatic carbocycles. The highest BCUT2D eigenvalue weighted by Gasteiger charge is 2.19. The minimum atomic E-state index is 0.683. The number of nitrogens with one attached hydrogen (secondary N) is 2. The molecular formula is C22H31N3. The summed E-state index contributed by atoms with van der Waals surface area (Å²) in [4.78, 5) is 2.53. The van der Waals surface area contributed by atoms with Crippen molar-refractivity contribution >= 4 is 5.69 Å². The van der Waals surface area contributed by atoms with Gasteiger partial charge in [-0.1, -0.05) is 42.5 Å². The van der Waals surface area contributed by atoms with Crippen molar-refractivity contribution in [2.45, 2.75) is 31.7 Å². The van der Waals surface area contributed by atoms with Crippen LogP contribution in [0.4, 0.5) is 5.69 Å². The van der Waals surface area contributed by atoms with Gasteiger partial charge < -0.3 is 15.5 Å². The van der Waals surface area contributed by atoms with E-state index in [4.69, 9.17) is 0 Å². The Labute approximate surface area is 152 Å². The molecule has 0 amide bonds. The molecule has 3 rings (SSSR count). The molecule has 0 saturated carbocycles. The quantitative estimate of drug-likeness (QED) is 0.715. The van der Waals surface area contributed by atoms with Crippen LogP contribution in [-0.4, -0.2) is 39.3 Å². The highest BCUT2D eigenvalue weighted by Crippen LogP contribution is 2.26. The Morgan fingerprint density at radius 2 is 1.60 bits per heavy atom. The van der Waals surface area contributed by atoms with Crippen LogP contribution < -0.4 is 15.5 Å². The summed E-state index contributed by atoms with van der Waals surface area (Å²) < 4.78 is 0. The van der Waals surface area contributed by atoms with E-state index in [0.717, 1.165) is 26.2 Å². The Hall–Kier alpha value is -1.84. The highest BCUT2D eigenvalue weighted by atomic mass is 15.1. The van der Waals surface area contributed by atoms with Crippen LogP contribution in [0.1, 0.15) is 25.7 Å². The Balaban J connectivity index is 1.50. The topological polar surface area (TPSA) is 27.3 Å². The molecule has 0 atom stereocenters. The average molecular weight is 338 g/mol. The van der Waals surface area contributed by atoms with Crippen molar-refractivity contribution in [2.75, 3.05) is 38.1 Å². The first-order chi connectivity index (χ1) is 12.4. The van der Waals surface area contributed by atoms with Gasteiger partial charge in [-0.05, 0) is 69.1 Å². The molecule has 25 heavy (non-hydrogen) atoms. The fourth-order valence-electron chi connectivity index (χ4n) is 3.59. The van der Waals surface area contributed by atoms with E-state index in [9.17, 15) is 0 Å². The van der Waals surface area contributed by atoms with Crippen molar-refractivity contribution in [3.8, 4) is 11.1 Å². The van der Waals surface area contributed by atoms with Gasteiger partial charge in [0.05, 0.1) is 0 Å². The minimum absolute atomic E-state index is 0.683. The zero-order chi connectivity index (χ0) is 17.3. The fourth-order valence-corrected chi connectivity index (χ4v) is 3.59. The van der Waals surface area contributed by atoms with Crippen LogP contribution in [0.5, 0.6) is 0 Å². The first-order valence-electron chi connectivity index (χ1n) is 9.65. The van der Waals surface area contributed by atoms with Gasteiger partial charge in [0.2, 0.25) is 0 Å². The van der Waals surface area contributed by atoms with Crippen molar-refractivity contribution in [3.05, 3.63) is 54.6 Å². The van der Waals surface area contributed by atoms with E-state index < -0.39 is 0 Å². The molecule has 3 heteroatoms. The summed E-state index contributed by atoms with van der Waals surface area (Å²) in [6, 6.07) is 20.3. The second-order valence-corrected chi connectivity index (χ2v) is 6.94. The summed E-state index contributed by atoms with van der Waals surface area (Å²) >= 11 is 0. The lowest BCUT2D eigenvalue weighted by Crippen LogP contribution is -2.42. The Morgan fingerprint density at radius 3 is 2.36 bits per heavy atom. The lowest BCUT2D eigenvalue weighted by molar-refractivity contribution is 0.410. The molecular weight excluding hydrogens is 306 g/mol. The maximum absolute atomic E-state index is 3.74. The number of benzene rings is 2. The van der Waals surface area contributed by atoms with Gasteiger partial charge in [-0.15, -0.1) is 0 Å². The van der Waals surface area contributed by atoms with Crippen molar-refractivity contribution in [1.29, 1.82) is 0 Å². The number of unbranched alkanes of at least 4 members (excludes halogenated alkanes) is 1. The Morgan fingerprint density at radius 1 is 0.880 bits per heavy atom. The van der Waals surface area contributed by atoms with Crippen LogP contribution in [0.2, 0.25) is 0 Å². The number of piperidine rings is 1. The molecule has 0 spiro atoms. The standard InChI is InChI=1S/C22H31N3/c1-23-14-5-6-15-24-21-12-16-25(17-13-21)22-11-7-10-20(18-22)19-8-3-2-4-9-19/h2-4,7-11,18,21,23-24H,5-6,12-17H2,1H3. The molecule has 0 radical (unpaired) electrons. The van der Waals surface area contributed by atoms with Crippen molar-refractivity contribution in [2.24, 2.45) is 0 Å². The van der Waals surface area contributed by atoms with Crippen LogP contribution in [0.3, 0.4) is 0 Å². The molecule has 1 fully saturated rings. The summed E-state index contributed by atoms with van der Waals surface area (Å²) in [6.45, 7) is 4.56. The normalized spacial score (nSPS) is 15.5. The lowest BCUT2D eigenvalue weighted by Gasteiger charge is -2.34. The Kier molecular flexibility index (Phi) is 6.89. The number of hydrogen-bond acceptors (Lipinski definition) is 3. The van der Waals surface area contributed by atoms with Crippen LogP contribution in [0.15, 0.2) is 54.6 Å². The molecule has 1 aliphatic heterocycles. The van der Waals surface area contributed by atoms with Crippen molar-refractivity contribution < 1.29 is 0 Å². The molecule has 1 heterocycles. The van der Waals surface area contributed by atoms with E-state index in [-0.39, 0.29) is 0 Å². The summed E-state index contributed by atoms with van der Waals surface area (Å²) in [5.41, 5.74) is 3.96. The van der Waals surface area contributed by atoms with Gasteiger partial charge >= 0.3 is 0 Å². The molecule has 134 valence electrons. The summed E-state index contributed by atoms with van der Waals surface area (Å²) in [7, 11) is 2.02. The van der Waals surface area contributed by atoms with E-state index in [0.29, 0.717) is 6.04 Å². The molecule has 1 saturated heterocycles. The van der Waals surface area contributed by atoms with E-state index in [1.54, 1.807) is 0 Å². The Bertz CT molecular complexity index is 618. The van der Waals surface area contributed by atoms with Crippen LogP contribution in [-0.2, 0) is 0 Å². The number of hydrogen-bond donors (Lipinski definition) is 2. The summed E-state index contributed by atoms with van der Waals surface area (Å²) in [5.74, 6) is 0. The predicted octanol–water partition coefficient (Wildman–Crippen LogP) is 3.91. The molecule has 0 bridgehead atoms. The third-order valence-corrected chi connectivity index (χ3v) is 5.10. The van der Waals surface area contributed by atoms with Crippen LogP contribution in [0.25, 0.3) is 11.1 Å². The van der Waals surface area contributed by atoms with Gasteiger partial charge in [-0.3, -0.25) is 0 Å². The molecule has 0 aliphatic carbocycles. The second kappa shape index (κ2) is 9.59. The minimum Gasteiger partial charge on any atom is -0.371 e. The third kappa shape index (κ3) is 5.32. The smallest absolute Gasteiger partial charge is 0.0372 e. The van der Waals surface area contributed by atoms with E-state index in [1.807, 2.05) is 7.05 Å². The van der Waals surface area contributed by atoms with E-state index in [2.05, 4.69) is 70.1 Å². The monoisotopic (exact) mass is 337 g/mol. The number of anilines is 1. The van der Waals surface area contributed by atoms with Gasteiger partial charge in [-0.2, -0.15) is 0 Å².